The minimum absolute atomic E-state index is 0.0246. The van der Waals surface area contributed by atoms with Gasteiger partial charge in [0, 0.05) is 49.9 Å². The van der Waals surface area contributed by atoms with Gasteiger partial charge in [0.15, 0.2) is 11.5 Å². The molecule has 0 unspecified atom stereocenters. The molecule has 1 fully saturated rings. The Morgan fingerprint density at radius 3 is 2.37 bits per heavy atom. The van der Waals surface area contributed by atoms with Crippen molar-refractivity contribution in [3.05, 3.63) is 47.5 Å². The summed E-state index contributed by atoms with van der Waals surface area (Å²) in [6, 6.07) is 11.4. The minimum atomic E-state index is -0.138. The lowest BCUT2D eigenvalue weighted by molar-refractivity contribution is -0.127. The Bertz CT molecular complexity index is 1120. The predicted molar refractivity (Wildman–Crippen MR) is 150 cm³/mol. The summed E-state index contributed by atoms with van der Waals surface area (Å²) in [4.78, 5) is 31.2. The molecule has 1 aliphatic rings. The average molecular weight is 526 g/mol. The number of likely N-dealkylation sites (N-methyl/N-ethyl adjacent to an activating group) is 1. The van der Waals surface area contributed by atoms with Crippen molar-refractivity contribution in [1.29, 1.82) is 0 Å². The molecule has 3 amide bonds. The lowest BCUT2D eigenvalue weighted by Crippen LogP contribution is -2.56. The summed E-state index contributed by atoms with van der Waals surface area (Å²) in [5.41, 5.74) is 2.42. The molecule has 0 N–H and O–H groups in total. The van der Waals surface area contributed by atoms with E-state index in [0.717, 1.165) is 36.1 Å². The maximum atomic E-state index is 13.8. The number of anilines is 1. The van der Waals surface area contributed by atoms with Gasteiger partial charge in [-0.1, -0.05) is 45.7 Å². The van der Waals surface area contributed by atoms with Crippen LogP contribution in [0.15, 0.2) is 36.4 Å². The average Bonchev–Trinajstić information content (AvgIpc) is 2.88. The van der Waals surface area contributed by atoms with E-state index in [1.807, 2.05) is 46.2 Å². The van der Waals surface area contributed by atoms with Gasteiger partial charge in [-0.05, 0) is 30.2 Å². The van der Waals surface area contributed by atoms with Crippen molar-refractivity contribution >= 4 is 17.6 Å². The van der Waals surface area contributed by atoms with Crippen molar-refractivity contribution in [3.8, 4) is 17.2 Å². The summed E-state index contributed by atoms with van der Waals surface area (Å²) in [6.45, 7) is 8.70. The molecule has 38 heavy (non-hydrogen) atoms. The van der Waals surface area contributed by atoms with Gasteiger partial charge in [-0.3, -0.25) is 9.69 Å². The molecule has 0 bridgehead atoms. The summed E-state index contributed by atoms with van der Waals surface area (Å²) in [5.74, 6) is 2.00. The van der Waals surface area contributed by atoms with Gasteiger partial charge in [0.05, 0.1) is 33.8 Å². The number of hydrogen-bond acceptors (Lipinski definition) is 5. The quantitative estimate of drug-likeness (QED) is 0.348. The van der Waals surface area contributed by atoms with Crippen LogP contribution in [0.2, 0.25) is 0 Å². The van der Waals surface area contributed by atoms with Crippen LogP contribution >= 0.6 is 0 Å². The van der Waals surface area contributed by atoms with Crippen LogP contribution in [-0.4, -0.2) is 69.7 Å². The second kappa shape index (κ2) is 12.9. The Kier molecular flexibility index (Phi) is 9.89. The zero-order chi connectivity index (χ0) is 27.9. The van der Waals surface area contributed by atoms with E-state index in [0.29, 0.717) is 49.9 Å². The molecule has 1 saturated heterocycles. The molecule has 1 heterocycles. The topological polar surface area (TPSA) is 71.5 Å². The first kappa shape index (κ1) is 29.1. The van der Waals surface area contributed by atoms with Crippen LogP contribution in [-0.2, 0) is 17.8 Å². The van der Waals surface area contributed by atoms with E-state index >= 15 is 0 Å². The number of methoxy groups -OCH3 is 2. The third-order valence-electron chi connectivity index (χ3n) is 6.74. The van der Waals surface area contributed by atoms with Gasteiger partial charge in [0.1, 0.15) is 5.75 Å². The van der Waals surface area contributed by atoms with E-state index in [1.54, 1.807) is 33.2 Å². The molecule has 1 aliphatic heterocycles. The van der Waals surface area contributed by atoms with Crippen molar-refractivity contribution in [2.75, 3.05) is 52.9 Å². The van der Waals surface area contributed by atoms with Crippen LogP contribution < -0.4 is 19.1 Å². The number of benzene rings is 2. The number of amides is 3. The first-order valence-corrected chi connectivity index (χ1v) is 13.3. The zero-order valence-corrected chi connectivity index (χ0v) is 24.0. The van der Waals surface area contributed by atoms with Gasteiger partial charge in [0.2, 0.25) is 5.91 Å². The lowest BCUT2D eigenvalue weighted by atomic mass is 9.89. The van der Waals surface area contributed by atoms with Gasteiger partial charge in [-0.2, -0.15) is 0 Å². The van der Waals surface area contributed by atoms with E-state index in [2.05, 4.69) is 20.8 Å². The summed E-state index contributed by atoms with van der Waals surface area (Å²) in [7, 11) is 6.73. The standard InChI is InChI=1S/C30H43N3O5/c1-8-9-10-15-38-27-18-24(13-14-25(27)36-6)33-21-30(2,3)20-32(29(33)35)19-23-12-11-22(16-26(23)37-7)17-28(34)31(4)5/h11-14,16,18H,8-10,15,17,19-21H2,1-7H3. The number of nitrogens with zero attached hydrogens (tertiary/aromatic N) is 3. The van der Waals surface area contributed by atoms with E-state index < -0.39 is 0 Å². The predicted octanol–water partition coefficient (Wildman–Crippen LogP) is 5.37. The fourth-order valence-electron chi connectivity index (χ4n) is 4.67. The largest absolute Gasteiger partial charge is 0.496 e. The Labute approximate surface area is 227 Å². The molecule has 8 nitrogen and oxygen atoms in total. The smallest absolute Gasteiger partial charge is 0.324 e. The first-order chi connectivity index (χ1) is 18.1. The molecule has 0 radical (unpaired) electrons. The van der Waals surface area contributed by atoms with Crippen LogP contribution in [0.25, 0.3) is 0 Å². The van der Waals surface area contributed by atoms with E-state index in [9.17, 15) is 9.59 Å². The molecule has 0 aromatic heterocycles. The van der Waals surface area contributed by atoms with Crippen molar-refractivity contribution in [2.24, 2.45) is 5.41 Å². The number of unbranched alkanes of at least 4 members (excludes halogenated alkanes) is 2. The monoisotopic (exact) mass is 525 g/mol. The number of hydrogen-bond donors (Lipinski definition) is 0. The summed E-state index contributed by atoms with van der Waals surface area (Å²) >= 11 is 0. The molecule has 0 aliphatic carbocycles. The van der Waals surface area contributed by atoms with Crippen molar-refractivity contribution in [2.45, 2.75) is 53.0 Å². The number of ether oxygens (including phenoxy) is 3. The number of urea groups is 1. The molecule has 208 valence electrons. The summed E-state index contributed by atoms with van der Waals surface area (Å²) in [5, 5.41) is 0. The molecule has 2 aromatic rings. The van der Waals surface area contributed by atoms with Crippen molar-refractivity contribution in [3.63, 3.8) is 0 Å². The summed E-state index contributed by atoms with van der Waals surface area (Å²) in [6.07, 6.45) is 3.49. The van der Waals surface area contributed by atoms with Crippen LogP contribution in [0, 0.1) is 5.41 Å². The molecule has 2 aromatic carbocycles. The van der Waals surface area contributed by atoms with Crippen molar-refractivity contribution in [1.82, 2.24) is 9.80 Å². The van der Waals surface area contributed by atoms with Gasteiger partial charge < -0.3 is 24.0 Å². The maximum Gasteiger partial charge on any atom is 0.324 e. The lowest BCUT2D eigenvalue weighted by Gasteiger charge is -2.44. The third kappa shape index (κ3) is 7.33. The highest BCUT2D eigenvalue weighted by atomic mass is 16.5. The van der Waals surface area contributed by atoms with E-state index in [-0.39, 0.29) is 17.4 Å². The maximum absolute atomic E-state index is 13.8. The molecule has 0 spiro atoms. The van der Waals surface area contributed by atoms with Gasteiger partial charge in [-0.25, -0.2) is 4.79 Å². The van der Waals surface area contributed by atoms with Crippen LogP contribution in [0.4, 0.5) is 10.5 Å². The molecule has 0 saturated carbocycles. The molecule has 0 atom stereocenters. The van der Waals surface area contributed by atoms with Gasteiger partial charge >= 0.3 is 6.03 Å². The Morgan fingerprint density at radius 1 is 0.974 bits per heavy atom. The Morgan fingerprint density at radius 2 is 1.71 bits per heavy atom. The SMILES string of the molecule is CCCCCOc1cc(N2CC(C)(C)CN(Cc3ccc(CC(=O)N(C)C)cc3OC)C2=O)ccc1OC. The van der Waals surface area contributed by atoms with Crippen LogP contribution in [0.5, 0.6) is 17.2 Å². The molecule has 3 rings (SSSR count). The fourth-order valence-corrected chi connectivity index (χ4v) is 4.67. The molecule has 8 heteroatoms. The highest BCUT2D eigenvalue weighted by molar-refractivity contribution is 5.93. The van der Waals surface area contributed by atoms with Crippen LogP contribution in [0.1, 0.15) is 51.2 Å². The zero-order valence-electron chi connectivity index (χ0n) is 24.0. The second-order valence-electron chi connectivity index (χ2n) is 10.9. The van der Waals surface area contributed by atoms with E-state index in [1.165, 1.54) is 0 Å². The summed E-state index contributed by atoms with van der Waals surface area (Å²) < 4.78 is 17.2. The highest BCUT2D eigenvalue weighted by Crippen LogP contribution is 2.36. The number of carbonyl (C=O) groups is 2. The first-order valence-electron chi connectivity index (χ1n) is 13.3. The van der Waals surface area contributed by atoms with Gasteiger partial charge in [-0.15, -0.1) is 0 Å². The number of rotatable bonds is 12. The van der Waals surface area contributed by atoms with Crippen molar-refractivity contribution < 1.29 is 23.8 Å². The minimum Gasteiger partial charge on any atom is -0.496 e. The molecular formula is C30H43N3O5. The Balaban J connectivity index is 1.83. The Hall–Kier alpha value is -3.42. The van der Waals surface area contributed by atoms with Gasteiger partial charge in [0.25, 0.3) is 0 Å². The fraction of sp³-hybridized carbons (Fsp3) is 0.533. The van der Waals surface area contributed by atoms with Crippen LogP contribution in [0.3, 0.4) is 0 Å². The molecular weight excluding hydrogens is 482 g/mol. The normalized spacial score (nSPS) is 14.9. The second-order valence-corrected chi connectivity index (χ2v) is 10.9. The number of carbonyl (C=O) groups excluding carboxylic acids is 2. The van der Waals surface area contributed by atoms with E-state index in [4.69, 9.17) is 14.2 Å². The highest BCUT2D eigenvalue weighted by Gasteiger charge is 2.38. The third-order valence-corrected chi connectivity index (χ3v) is 6.74.